The smallest absolute Gasteiger partial charge is 0.224 e. The minimum atomic E-state index is -0.252. The van der Waals surface area contributed by atoms with Gasteiger partial charge in [0.05, 0.1) is 4.47 Å². The molecule has 2 aromatic rings. The fourth-order valence-corrected chi connectivity index (χ4v) is 1.88. The molecule has 0 saturated carbocycles. The third-order valence-corrected chi connectivity index (χ3v) is 3.10. The molecule has 0 radical (unpaired) electrons. The van der Waals surface area contributed by atoms with Gasteiger partial charge in [0, 0.05) is 18.4 Å². The summed E-state index contributed by atoms with van der Waals surface area (Å²) < 4.78 is 13.8. The molecule has 0 spiro atoms. The maximum atomic E-state index is 13.1. The number of halogens is 2. The molecule has 2 rings (SSSR count). The van der Waals surface area contributed by atoms with Gasteiger partial charge in [-0.05, 0) is 53.5 Å². The van der Waals surface area contributed by atoms with Crippen molar-refractivity contribution in [1.82, 2.24) is 9.97 Å². The van der Waals surface area contributed by atoms with Crippen LogP contribution in [0, 0.1) is 12.7 Å². The Labute approximate surface area is 119 Å². The van der Waals surface area contributed by atoms with Gasteiger partial charge < -0.3 is 10.6 Å². The molecule has 4 nitrogen and oxygen atoms in total. The molecule has 0 amide bonds. The summed E-state index contributed by atoms with van der Waals surface area (Å²) in [6.45, 7) is 4.56. The number of nitrogens with zero attached hydrogens (tertiary/aromatic N) is 2. The highest BCUT2D eigenvalue weighted by atomic mass is 79.9. The summed E-state index contributed by atoms with van der Waals surface area (Å²) in [4.78, 5) is 8.48. The van der Waals surface area contributed by atoms with Gasteiger partial charge in [0.2, 0.25) is 5.95 Å². The van der Waals surface area contributed by atoms with Crippen molar-refractivity contribution in [2.24, 2.45) is 0 Å². The molecular formula is C13H14BrFN4. The maximum absolute atomic E-state index is 13.1. The van der Waals surface area contributed by atoms with E-state index in [9.17, 15) is 4.39 Å². The predicted octanol–water partition coefficient (Wildman–Crippen LogP) is 3.86. The summed E-state index contributed by atoms with van der Waals surface area (Å²) in [5, 5.41) is 6.20. The quantitative estimate of drug-likeness (QED) is 0.896. The van der Waals surface area contributed by atoms with Crippen molar-refractivity contribution in [1.29, 1.82) is 0 Å². The molecule has 0 bridgehead atoms. The van der Waals surface area contributed by atoms with Crippen molar-refractivity contribution in [3.8, 4) is 0 Å². The highest BCUT2D eigenvalue weighted by molar-refractivity contribution is 9.10. The van der Waals surface area contributed by atoms with Crippen LogP contribution in [0.5, 0.6) is 0 Å². The number of rotatable bonds is 4. The van der Waals surface area contributed by atoms with Gasteiger partial charge in [-0.3, -0.25) is 0 Å². The predicted molar refractivity (Wildman–Crippen MR) is 78.3 cm³/mol. The van der Waals surface area contributed by atoms with Gasteiger partial charge in [0.25, 0.3) is 0 Å². The Bertz CT molecular complexity index is 589. The lowest BCUT2D eigenvalue weighted by molar-refractivity contribution is 0.627. The van der Waals surface area contributed by atoms with E-state index in [4.69, 9.17) is 0 Å². The Hall–Kier alpha value is -1.69. The molecule has 19 heavy (non-hydrogen) atoms. The Balaban J connectivity index is 2.29. The molecule has 2 N–H and O–H groups in total. The highest BCUT2D eigenvalue weighted by Crippen LogP contribution is 2.26. The number of aryl methyl sites for hydroxylation is 1. The zero-order chi connectivity index (χ0) is 13.8. The van der Waals surface area contributed by atoms with Crippen LogP contribution >= 0.6 is 15.9 Å². The van der Waals surface area contributed by atoms with E-state index in [1.165, 1.54) is 12.1 Å². The first-order valence-electron chi connectivity index (χ1n) is 5.89. The maximum Gasteiger partial charge on any atom is 0.224 e. The molecule has 0 aliphatic rings. The number of nitrogens with one attached hydrogen (secondary N) is 2. The normalized spacial score (nSPS) is 10.3. The van der Waals surface area contributed by atoms with E-state index in [0.717, 1.165) is 22.3 Å². The monoisotopic (exact) mass is 324 g/mol. The summed E-state index contributed by atoms with van der Waals surface area (Å²) in [5.74, 6) is 0.937. The molecule has 0 unspecified atom stereocenters. The van der Waals surface area contributed by atoms with Crippen molar-refractivity contribution in [2.75, 3.05) is 17.2 Å². The zero-order valence-electron chi connectivity index (χ0n) is 10.7. The molecule has 0 aliphatic heterocycles. The fraction of sp³-hybridized carbons (Fsp3) is 0.231. The third kappa shape index (κ3) is 3.41. The summed E-state index contributed by atoms with van der Waals surface area (Å²) in [5.41, 5.74) is 1.62. The van der Waals surface area contributed by atoms with Crippen LogP contribution in [-0.2, 0) is 0 Å². The number of aromatic nitrogens is 2. The van der Waals surface area contributed by atoms with Gasteiger partial charge in [0.15, 0.2) is 0 Å². The topological polar surface area (TPSA) is 49.8 Å². The van der Waals surface area contributed by atoms with Crippen molar-refractivity contribution >= 4 is 33.4 Å². The Morgan fingerprint density at radius 1 is 1.37 bits per heavy atom. The van der Waals surface area contributed by atoms with Gasteiger partial charge >= 0.3 is 0 Å². The molecule has 6 heteroatoms. The number of benzene rings is 1. The fourth-order valence-electron chi connectivity index (χ4n) is 1.59. The first kappa shape index (κ1) is 13.7. The molecule has 0 atom stereocenters. The van der Waals surface area contributed by atoms with Gasteiger partial charge in [-0.2, -0.15) is 4.98 Å². The van der Waals surface area contributed by atoms with Crippen LogP contribution in [0.25, 0.3) is 0 Å². The number of anilines is 3. The van der Waals surface area contributed by atoms with Crippen LogP contribution in [0.4, 0.5) is 21.8 Å². The van der Waals surface area contributed by atoms with E-state index in [1.807, 2.05) is 13.8 Å². The first-order valence-corrected chi connectivity index (χ1v) is 6.69. The SMILES string of the molecule is CCNc1ncc(Br)c(Nc2ccc(F)cc2C)n1. The van der Waals surface area contributed by atoms with Gasteiger partial charge in [-0.25, -0.2) is 9.37 Å². The van der Waals surface area contributed by atoms with E-state index in [0.29, 0.717) is 11.8 Å². The lowest BCUT2D eigenvalue weighted by Crippen LogP contribution is -2.05. The van der Waals surface area contributed by atoms with Crippen molar-refractivity contribution in [3.63, 3.8) is 0 Å². The average Bonchev–Trinajstić information content (AvgIpc) is 2.37. The van der Waals surface area contributed by atoms with Crippen molar-refractivity contribution in [3.05, 3.63) is 40.2 Å². The van der Waals surface area contributed by atoms with E-state index in [1.54, 1.807) is 12.3 Å². The average molecular weight is 325 g/mol. The zero-order valence-corrected chi connectivity index (χ0v) is 12.3. The largest absolute Gasteiger partial charge is 0.354 e. The minimum absolute atomic E-state index is 0.252. The lowest BCUT2D eigenvalue weighted by atomic mass is 10.2. The second-order valence-corrected chi connectivity index (χ2v) is 4.86. The molecule has 0 fully saturated rings. The van der Waals surface area contributed by atoms with Gasteiger partial charge in [-0.15, -0.1) is 0 Å². The second-order valence-electron chi connectivity index (χ2n) is 4.00. The Morgan fingerprint density at radius 3 is 2.84 bits per heavy atom. The van der Waals surface area contributed by atoms with E-state index in [2.05, 4.69) is 36.5 Å². The highest BCUT2D eigenvalue weighted by Gasteiger charge is 2.07. The molecule has 1 heterocycles. The molecule has 0 saturated heterocycles. The van der Waals surface area contributed by atoms with E-state index in [-0.39, 0.29) is 5.82 Å². The van der Waals surface area contributed by atoms with Crippen LogP contribution in [0.15, 0.2) is 28.9 Å². The number of hydrogen-bond donors (Lipinski definition) is 2. The molecule has 1 aromatic carbocycles. The van der Waals surface area contributed by atoms with Crippen LogP contribution in [0.2, 0.25) is 0 Å². The Morgan fingerprint density at radius 2 is 2.16 bits per heavy atom. The van der Waals surface area contributed by atoms with Crippen molar-refractivity contribution < 1.29 is 4.39 Å². The second kappa shape index (κ2) is 5.97. The van der Waals surface area contributed by atoms with E-state index >= 15 is 0 Å². The summed E-state index contributed by atoms with van der Waals surface area (Å²) >= 11 is 3.39. The van der Waals surface area contributed by atoms with Crippen LogP contribution in [-0.4, -0.2) is 16.5 Å². The van der Waals surface area contributed by atoms with Crippen LogP contribution < -0.4 is 10.6 Å². The Kier molecular flexibility index (Phi) is 4.31. The van der Waals surface area contributed by atoms with Crippen molar-refractivity contribution in [2.45, 2.75) is 13.8 Å². The van der Waals surface area contributed by atoms with Gasteiger partial charge in [0.1, 0.15) is 11.6 Å². The molecule has 0 aliphatic carbocycles. The molecule has 1 aromatic heterocycles. The van der Waals surface area contributed by atoms with E-state index < -0.39 is 0 Å². The van der Waals surface area contributed by atoms with Crippen LogP contribution in [0.3, 0.4) is 0 Å². The molecular weight excluding hydrogens is 311 g/mol. The third-order valence-electron chi connectivity index (χ3n) is 2.52. The first-order chi connectivity index (χ1) is 9.10. The minimum Gasteiger partial charge on any atom is -0.354 e. The van der Waals surface area contributed by atoms with Gasteiger partial charge in [-0.1, -0.05) is 0 Å². The molecule has 100 valence electrons. The lowest BCUT2D eigenvalue weighted by Gasteiger charge is -2.11. The summed E-state index contributed by atoms with van der Waals surface area (Å²) in [7, 11) is 0. The number of hydrogen-bond acceptors (Lipinski definition) is 4. The van der Waals surface area contributed by atoms with Crippen LogP contribution in [0.1, 0.15) is 12.5 Å². The summed E-state index contributed by atoms with van der Waals surface area (Å²) in [6.07, 6.45) is 1.67. The standard InChI is InChI=1S/C13H14BrFN4/c1-3-16-13-17-7-10(14)12(19-13)18-11-5-4-9(15)6-8(11)2/h4-7H,3H2,1-2H3,(H2,16,17,18,19). The summed E-state index contributed by atoms with van der Waals surface area (Å²) in [6, 6.07) is 4.57.